The fraction of sp³-hybridized carbons (Fsp3) is 0.217. The van der Waals surface area contributed by atoms with Crippen LogP contribution in [-0.4, -0.2) is 46.9 Å². The van der Waals surface area contributed by atoms with Gasteiger partial charge in [0.1, 0.15) is 11.6 Å². The smallest absolute Gasteiger partial charge is 0.137 e. The molecule has 0 amide bonds. The van der Waals surface area contributed by atoms with Crippen LogP contribution < -0.4 is 9.64 Å². The van der Waals surface area contributed by atoms with Gasteiger partial charge in [0.25, 0.3) is 0 Å². The molecule has 30 heavy (non-hydrogen) atoms. The van der Waals surface area contributed by atoms with Crippen LogP contribution in [0.3, 0.4) is 0 Å². The van der Waals surface area contributed by atoms with E-state index in [2.05, 4.69) is 38.1 Å². The van der Waals surface area contributed by atoms with Crippen LogP contribution in [0.2, 0.25) is 5.02 Å². The maximum Gasteiger partial charge on any atom is 0.137 e. The molecular formula is C23H21ClN4O2. The predicted octanol–water partition coefficient (Wildman–Crippen LogP) is 4.38. The van der Waals surface area contributed by atoms with Gasteiger partial charge < -0.3 is 19.7 Å². The number of methoxy groups -OCH3 is 1. The lowest BCUT2D eigenvalue weighted by molar-refractivity contribution is 0.200. The number of nitrogens with zero attached hydrogens (tertiary/aromatic N) is 3. The van der Waals surface area contributed by atoms with Crippen LogP contribution >= 0.6 is 11.6 Å². The number of pyridine rings is 2. The highest BCUT2D eigenvalue weighted by atomic mass is 35.5. The number of aliphatic hydroxyl groups excluding tert-OH is 1. The Morgan fingerprint density at radius 3 is 2.73 bits per heavy atom. The molecule has 5 rings (SSSR count). The lowest BCUT2D eigenvalue weighted by atomic mass is 10.0. The van der Waals surface area contributed by atoms with Crippen LogP contribution in [0.5, 0.6) is 5.75 Å². The monoisotopic (exact) mass is 420 g/mol. The number of aliphatic hydroxyl groups is 1. The van der Waals surface area contributed by atoms with Gasteiger partial charge in [0.15, 0.2) is 0 Å². The Hall–Kier alpha value is -3.09. The van der Waals surface area contributed by atoms with Crippen molar-refractivity contribution < 1.29 is 9.84 Å². The molecule has 4 heterocycles. The summed E-state index contributed by atoms with van der Waals surface area (Å²) >= 11 is 6.57. The quantitative estimate of drug-likeness (QED) is 0.501. The molecule has 1 aromatic carbocycles. The largest absolute Gasteiger partial charge is 0.495 e. The third kappa shape index (κ3) is 3.38. The Morgan fingerprint density at radius 2 is 2.00 bits per heavy atom. The van der Waals surface area contributed by atoms with Gasteiger partial charge >= 0.3 is 0 Å². The van der Waals surface area contributed by atoms with Gasteiger partial charge in [-0.15, -0.1) is 0 Å². The van der Waals surface area contributed by atoms with Crippen LogP contribution in [0, 0.1) is 5.92 Å². The molecule has 3 aromatic heterocycles. The summed E-state index contributed by atoms with van der Waals surface area (Å²) in [6.07, 6.45) is 5.33. The van der Waals surface area contributed by atoms with Crippen molar-refractivity contribution in [2.24, 2.45) is 5.92 Å². The van der Waals surface area contributed by atoms with Gasteiger partial charge in [-0.3, -0.25) is 4.98 Å². The van der Waals surface area contributed by atoms with Gasteiger partial charge in [-0.1, -0.05) is 11.6 Å². The van der Waals surface area contributed by atoms with E-state index in [1.807, 2.05) is 24.4 Å². The highest BCUT2D eigenvalue weighted by Gasteiger charge is 2.26. The number of hydrogen-bond acceptors (Lipinski definition) is 5. The molecule has 0 bridgehead atoms. The molecule has 1 aliphatic heterocycles. The molecule has 0 radical (unpaired) electrons. The van der Waals surface area contributed by atoms with Crippen LogP contribution in [0.15, 0.2) is 55.0 Å². The van der Waals surface area contributed by atoms with E-state index in [4.69, 9.17) is 16.3 Å². The molecule has 7 heteroatoms. The highest BCUT2D eigenvalue weighted by Crippen LogP contribution is 2.35. The van der Waals surface area contributed by atoms with Gasteiger partial charge in [0.2, 0.25) is 0 Å². The number of aromatic amines is 1. The number of aromatic nitrogens is 3. The SMILES string of the molecule is COc1cncc(-c2cc3cc(-c4ccc(N5CC(CO)C5)nc4)[nH]c3cc2Cl)c1. The van der Waals surface area contributed by atoms with Gasteiger partial charge in [0.05, 0.1) is 18.3 Å². The number of anilines is 1. The molecule has 0 atom stereocenters. The third-order valence-electron chi connectivity index (χ3n) is 5.57. The van der Waals surface area contributed by atoms with E-state index < -0.39 is 0 Å². The molecule has 0 aliphatic carbocycles. The van der Waals surface area contributed by atoms with Crippen molar-refractivity contribution in [3.63, 3.8) is 0 Å². The maximum atomic E-state index is 9.18. The number of ether oxygens (including phenoxy) is 1. The standard InChI is InChI=1S/C23H21ClN4O2/c1-30-18-4-17(8-25-10-18)19-5-16-6-21(27-22(16)7-20(19)24)15-2-3-23(26-9-15)28-11-14(12-28)13-29/h2-10,14,27,29H,11-13H2,1H3. The summed E-state index contributed by atoms with van der Waals surface area (Å²) in [6, 6.07) is 12.1. The minimum Gasteiger partial charge on any atom is -0.495 e. The van der Waals surface area contributed by atoms with Crippen LogP contribution in [0.25, 0.3) is 33.3 Å². The van der Waals surface area contributed by atoms with Crippen molar-refractivity contribution in [3.05, 3.63) is 60.0 Å². The Labute approximate surface area is 179 Å². The zero-order chi connectivity index (χ0) is 20.7. The molecule has 1 saturated heterocycles. The summed E-state index contributed by atoms with van der Waals surface area (Å²) < 4.78 is 5.28. The second-order valence-electron chi connectivity index (χ2n) is 7.57. The number of benzene rings is 1. The van der Waals surface area contributed by atoms with Gasteiger partial charge in [-0.05, 0) is 36.4 Å². The van der Waals surface area contributed by atoms with E-state index in [9.17, 15) is 5.11 Å². The molecule has 152 valence electrons. The van der Waals surface area contributed by atoms with Crippen molar-refractivity contribution in [1.82, 2.24) is 15.0 Å². The van der Waals surface area contributed by atoms with Crippen LogP contribution in [0.1, 0.15) is 0 Å². The topological polar surface area (TPSA) is 74.3 Å². The van der Waals surface area contributed by atoms with Gasteiger partial charge in [0, 0.05) is 71.3 Å². The van der Waals surface area contributed by atoms with E-state index in [0.29, 0.717) is 16.7 Å². The van der Waals surface area contributed by atoms with Crippen LogP contribution in [-0.2, 0) is 0 Å². The van der Waals surface area contributed by atoms with E-state index in [0.717, 1.165) is 52.2 Å². The number of halogens is 1. The molecule has 4 aromatic rings. The van der Waals surface area contributed by atoms with E-state index in [-0.39, 0.29) is 6.61 Å². The van der Waals surface area contributed by atoms with E-state index >= 15 is 0 Å². The highest BCUT2D eigenvalue weighted by molar-refractivity contribution is 6.34. The second kappa shape index (κ2) is 7.63. The lowest BCUT2D eigenvalue weighted by Gasteiger charge is -2.39. The van der Waals surface area contributed by atoms with Crippen molar-refractivity contribution in [2.45, 2.75) is 0 Å². The average Bonchev–Trinajstić information content (AvgIpc) is 3.15. The lowest BCUT2D eigenvalue weighted by Crippen LogP contribution is -2.48. The molecule has 1 aliphatic rings. The molecular weight excluding hydrogens is 400 g/mol. The van der Waals surface area contributed by atoms with Crippen molar-refractivity contribution in [3.8, 4) is 28.1 Å². The summed E-state index contributed by atoms with van der Waals surface area (Å²) in [5, 5.41) is 10.9. The molecule has 0 saturated carbocycles. The Balaban J connectivity index is 1.45. The third-order valence-corrected chi connectivity index (χ3v) is 5.88. The summed E-state index contributed by atoms with van der Waals surface area (Å²) in [5.41, 5.74) is 4.77. The Bertz CT molecular complexity index is 1200. The number of H-pyrrole nitrogens is 1. The predicted molar refractivity (Wildman–Crippen MR) is 119 cm³/mol. The van der Waals surface area contributed by atoms with Crippen molar-refractivity contribution >= 4 is 28.3 Å². The average molecular weight is 421 g/mol. The second-order valence-corrected chi connectivity index (χ2v) is 7.98. The minimum absolute atomic E-state index is 0.236. The number of fused-ring (bicyclic) bond motifs is 1. The van der Waals surface area contributed by atoms with Gasteiger partial charge in [-0.2, -0.15) is 0 Å². The summed E-state index contributed by atoms with van der Waals surface area (Å²) in [5.74, 6) is 1.99. The summed E-state index contributed by atoms with van der Waals surface area (Å²) in [4.78, 5) is 14.4. The molecule has 6 nitrogen and oxygen atoms in total. The molecule has 1 fully saturated rings. The number of nitrogens with one attached hydrogen (secondary N) is 1. The summed E-state index contributed by atoms with van der Waals surface area (Å²) in [6.45, 7) is 1.95. The first kappa shape index (κ1) is 18.9. The molecule has 2 N–H and O–H groups in total. The normalized spacial score (nSPS) is 14.2. The molecule has 0 unspecified atom stereocenters. The molecule has 0 spiro atoms. The minimum atomic E-state index is 0.236. The number of hydrogen-bond donors (Lipinski definition) is 2. The van der Waals surface area contributed by atoms with Gasteiger partial charge in [-0.25, -0.2) is 4.98 Å². The van der Waals surface area contributed by atoms with Crippen LogP contribution in [0.4, 0.5) is 5.82 Å². The Morgan fingerprint density at radius 1 is 1.13 bits per heavy atom. The number of rotatable bonds is 5. The fourth-order valence-corrected chi connectivity index (χ4v) is 4.09. The first-order valence-electron chi connectivity index (χ1n) is 9.78. The maximum absolute atomic E-state index is 9.18. The zero-order valence-corrected chi connectivity index (χ0v) is 17.2. The van der Waals surface area contributed by atoms with E-state index in [1.165, 1.54) is 0 Å². The van der Waals surface area contributed by atoms with Crippen molar-refractivity contribution in [2.75, 3.05) is 31.7 Å². The Kier molecular flexibility index (Phi) is 4.81. The zero-order valence-electron chi connectivity index (χ0n) is 16.5. The first-order chi connectivity index (χ1) is 14.6. The van der Waals surface area contributed by atoms with Crippen molar-refractivity contribution in [1.29, 1.82) is 0 Å². The first-order valence-corrected chi connectivity index (χ1v) is 10.2. The fourth-order valence-electron chi connectivity index (χ4n) is 3.81. The summed E-state index contributed by atoms with van der Waals surface area (Å²) in [7, 11) is 1.62. The van der Waals surface area contributed by atoms with E-state index in [1.54, 1.807) is 19.5 Å².